The van der Waals surface area contributed by atoms with Crippen LogP contribution in [0.3, 0.4) is 0 Å². The molecule has 4 aromatic carbocycles. The minimum atomic E-state index is -3.93. The van der Waals surface area contributed by atoms with Gasteiger partial charge in [-0.05, 0) is 60.0 Å². The van der Waals surface area contributed by atoms with Gasteiger partial charge in [0.1, 0.15) is 6.07 Å². The number of sulfonamides is 1. The molecular weight excluding hydrogens is 478 g/mol. The monoisotopic (exact) mass is 501 g/mol. The molecule has 0 bridgehead atoms. The van der Waals surface area contributed by atoms with Crippen molar-refractivity contribution in [1.29, 1.82) is 5.26 Å². The number of hydrogen-bond acceptors (Lipinski definition) is 4. The van der Waals surface area contributed by atoms with Gasteiger partial charge in [0, 0.05) is 17.5 Å². The quantitative estimate of drug-likeness (QED) is 0.282. The summed E-state index contributed by atoms with van der Waals surface area (Å²) >= 11 is 0. The molecule has 5 aromatic rings. The molecule has 5 nitrogen and oxygen atoms in total. The minimum absolute atomic E-state index is 0.234. The van der Waals surface area contributed by atoms with Crippen LogP contribution in [-0.4, -0.2) is 13.4 Å². The molecule has 0 N–H and O–H groups in total. The molecule has 2 unspecified atom stereocenters. The van der Waals surface area contributed by atoms with Crippen LogP contribution in [0.1, 0.15) is 39.8 Å². The van der Waals surface area contributed by atoms with Crippen LogP contribution in [-0.2, 0) is 10.0 Å². The van der Waals surface area contributed by atoms with E-state index in [-0.39, 0.29) is 4.90 Å². The number of pyridine rings is 1. The van der Waals surface area contributed by atoms with E-state index in [4.69, 9.17) is 0 Å². The maximum absolute atomic E-state index is 14.3. The summed E-state index contributed by atoms with van der Waals surface area (Å²) in [5, 5.41) is 11.1. The van der Waals surface area contributed by atoms with Gasteiger partial charge in [0.25, 0.3) is 10.0 Å². The summed E-state index contributed by atoms with van der Waals surface area (Å²) in [6.07, 6.45) is 1.71. The standard InChI is InChI=1S/C31H23N3O2S/c1-21-13-15-23(16-14-21)37(35,36)34-29-12-6-5-10-26(29)30(31(34)22-8-3-2-4-9-22)25-17-18-28-24(27(25)20-32)11-7-19-33-28/h2-19,30-31H,1H3. The van der Waals surface area contributed by atoms with Crippen molar-refractivity contribution in [3.05, 3.63) is 137 Å². The summed E-state index contributed by atoms with van der Waals surface area (Å²) in [7, 11) is -3.93. The third kappa shape index (κ3) is 3.67. The molecule has 0 saturated carbocycles. The number of benzene rings is 4. The lowest BCUT2D eigenvalue weighted by molar-refractivity contribution is 0.574. The number of fused-ring (bicyclic) bond motifs is 2. The van der Waals surface area contributed by atoms with Crippen molar-refractivity contribution < 1.29 is 8.42 Å². The fraction of sp³-hybridized carbons (Fsp3) is 0.0968. The van der Waals surface area contributed by atoms with Gasteiger partial charge in [-0.1, -0.05) is 72.3 Å². The number of aryl methyl sites for hydroxylation is 1. The van der Waals surface area contributed by atoms with Crippen molar-refractivity contribution in [2.75, 3.05) is 4.31 Å². The smallest absolute Gasteiger partial charge is 0.258 e. The number of rotatable bonds is 4. The molecule has 6 rings (SSSR count). The van der Waals surface area contributed by atoms with Crippen molar-refractivity contribution in [2.24, 2.45) is 0 Å². The first-order chi connectivity index (χ1) is 18.0. The van der Waals surface area contributed by atoms with Crippen molar-refractivity contribution in [2.45, 2.75) is 23.8 Å². The van der Waals surface area contributed by atoms with Crippen LogP contribution in [0, 0.1) is 18.3 Å². The molecule has 1 aromatic heterocycles. The van der Waals surface area contributed by atoms with E-state index < -0.39 is 22.0 Å². The maximum atomic E-state index is 14.3. The molecule has 1 aliphatic heterocycles. The fourth-order valence-electron chi connectivity index (χ4n) is 5.38. The van der Waals surface area contributed by atoms with E-state index >= 15 is 0 Å². The highest BCUT2D eigenvalue weighted by atomic mass is 32.2. The minimum Gasteiger partial charge on any atom is -0.258 e. The molecule has 0 amide bonds. The van der Waals surface area contributed by atoms with Crippen molar-refractivity contribution in [3.8, 4) is 6.07 Å². The van der Waals surface area contributed by atoms with Gasteiger partial charge in [-0.15, -0.1) is 0 Å². The van der Waals surface area contributed by atoms with Gasteiger partial charge in [-0.25, -0.2) is 8.42 Å². The Morgan fingerprint density at radius 2 is 1.54 bits per heavy atom. The van der Waals surface area contributed by atoms with Gasteiger partial charge in [-0.2, -0.15) is 5.26 Å². The first kappa shape index (κ1) is 23.0. The summed E-state index contributed by atoms with van der Waals surface area (Å²) in [5.74, 6) is -0.391. The number of aromatic nitrogens is 1. The first-order valence-electron chi connectivity index (χ1n) is 12.0. The highest BCUT2D eigenvalue weighted by Gasteiger charge is 2.47. The molecule has 1 aliphatic rings. The van der Waals surface area contributed by atoms with Gasteiger partial charge >= 0.3 is 0 Å². The van der Waals surface area contributed by atoms with Crippen LogP contribution in [0.25, 0.3) is 10.9 Å². The average molecular weight is 502 g/mol. The van der Waals surface area contributed by atoms with E-state index in [1.165, 1.54) is 0 Å². The zero-order valence-corrected chi connectivity index (χ0v) is 20.9. The first-order valence-corrected chi connectivity index (χ1v) is 13.5. The van der Waals surface area contributed by atoms with E-state index in [1.54, 1.807) is 22.6 Å². The number of hydrogen-bond donors (Lipinski definition) is 0. The molecule has 6 heteroatoms. The molecule has 2 heterocycles. The number of anilines is 1. The number of para-hydroxylation sites is 1. The molecule has 0 spiro atoms. The van der Waals surface area contributed by atoms with Crippen LogP contribution in [0.2, 0.25) is 0 Å². The lowest BCUT2D eigenvalue weighted by Crippen LogP contribution is -2.33. The number of nitriles is 1. The Morgan fingerprint density at radius 3 is 2.30 bits per heavy atom. The lowest BCUT2D eigenvalue weighted by atomic mass is 9.82. The zero-order valence-electron chi connectivity index (χ0n) is 20.1. The summed E-state index contributed by atoms with van der Waals surface area (Å²) in [5.41, 5.74) is 5.36. The van der Waals surface area contributed by atoms with E-state index in [1.807, 2.05) is 97.9 Å². The fourth-order valence-corrected chi connectivity index (χ4v) is 7.05. The van der Waals surface area contributed by atoms with E-state index in [2.05, 4.69) is 11.1 Å². The van der Waals surface area contributed by atoms with Crippen LogP contribution in [0.5, 0.6) is 0 Å². The normalized spacial score (nSPS) is 16.9. The summed E-state index contributed by atoms with van der Waals surface area (Å²) in [6.45, 7) is 1.93. The van der Waals surface area contributed by atoms with Crippen molar-refractivity contribution in [1.82, 2.24) is 4.98 Å². The second-order valence-corrected chi connectivity index (χ2v) is 11.0. The molecular formula is C31H23N3O2S. The van der Waals surface area contributed by atoms with Gasteiger partial charge in [0.05, 0.1) is 27.7 Å². The Balaban J connectivity index is 1.65. The number of nitrogens with zero attached hydrogens (tertiary/aromatic N) is 3. The van der Waals surface area contributed by atoms with E-state index in [0.717, 1.165) is 33.2 Å². The third-order valence-electron chi connectivity index (χ3n) is 7.06. The molecule has 0 aliphatic carbocycles. The van der Waals surface area contributed by atoms with E-state index in [9.17, 15) is 13.7 Å². The Hall–Kier alpha value is -4.47. The van der Waals surface area contributed by atoms with Crippen molar-refractivity contribution in [3.63, 3.8) is 0 Å². The Labute approximate surface area is 216 Å². The molecule has 37 heavy (non-hydrogen) atoms. The predicted molar refractivity (Wildman–Crippen MR) is 145 cm³/mol. The second-order valence-electron chi connectivity index (χ2n) is 9.22. The highest BCUT2D eigenvalue weighted by Crippen LogP contribution is 2.55. The Bertz CT molecular complexity index is 1780. The molecule has 180 valence electrons. The molecule has 0 radical (unpaired) electrons. The predicted octanol–water partition coefficient (Wildman–Crippen LogP) is 6.50. The van der Waals surface area contributed by atoms with E-state index in [0.29, 0.717) is 11.3 Å². The topological polar surface area (TPSA) is 74.1 Å². The third-order valence-corrected chi connectivity index (χ3v) is 8.87. The molecule has 0 saturated heterocycles. The van der Waals surface area contributed by atoms with Gasteiger partial charge < -0.3 is 0 Å². The summed E-state index contributed by atoms with van der Waals surface area (Å²) in [4.78, 5) is 4.66. The van der Waals surface area contributed by atoms with Crippen LogP contribution in [0.4, 0.5) is 5.69 Å². The summed E-state index contributed by atoms with van der Waals surface area (Å²) in [6, 6.07) is 33.6. The van der Waals surface area contributed by atoms with Gasteiger partial charge in [0.15, 0.2) is 0 Å². The summed E-state index contributed by atoms with van der Waals surface area (Å²) < 4.78 is 30.1. The van der Waals surface area contributed by atoms with Gasteiger partial charge in [0.2, 0.25) is 0 Å². The Kier molecular flexibility index (Phi) is 5.51. The van der Waals surface area contributed by atoms with Gasteiger partial charge in [-0.3, -0.25) is 9.29 Å². The lowest BCUT2D eigenvalue weighted by Gasteiger charge is -2.31. The van der Waals surface area contributed by atoms with Crippen molar-refractivity contribution >= 4 is 26.6 Å². The van der Waals surface area contributed by atoms with Crippen LogP contribution < -0.4 is 4.31 Å². The molecule has 2 atom stereocenters. The average Bonchev–Trinajstić information content (AvgIpc) is 3.29. The van der Waals surface area contributed by atoms with Crippen LogP contribution in [0.15, 0.2) is 114 Å². The largest absolute Gasteiger partial charge is 0.264 e. The molecule has 0 fully saturated rings. The second kappa shape index (κ2) is 8.88. The zero-order chi connectivity index (χ0) is 25.6. The highest BCUT2D eigenvalue weighted by molar-refractivity contribution is 7.92. The SMILES string of the molecule is Cc1ccc(S(=O)(=O)N2c3ccccc3C(c3ccc4ncccc4c3C#N)C2c2ccccc2)cc1. The maximum Gasteiger partial charge on any atom is 0.264 e. The van der Waals surface area contributed by atoms with Crippen LogP contribution >= 0.6 is 0 Å². The Morgan fingerprint density at radius 1 is 0.811 bits per heavy atom.